The van der Waals surface area contributed by atoms with Gasteiger partial charge in [-0.1, -0.05) is 43.3 Å². The largest absolute Gasteiger partial charge is 0.462 e. The van der Waals surface area contributed by atoms with Crippen molar-refractivity contribution < 1.29 is 13.9 Å². The molecule has 0 radical (unpaired) electrons. The van der Waals surface area contributed by atoms with Gasteiger partial charge in [-0.3, -0.25) is 4.79 Å². The van der Waals surface area contributed by atoms with Gasteiger partial charge in [0.25, 0.3) is 5.91 Å². The van der Waals surface area contributed by atoms with Crippen LogP contribution < -0.4 is 14.5 Å². The van der Waals surface area contributed by atoms with E-state index in [9.17, 15) is 9.18 Å². The lowest BCUT2D eigenvalue weighted by Gasteiger charge is -2.41. The maximum absolute atomic E-state index is 13.9. The Morgan fingerprint density at radius 1 is 1.17 bits per heavy atom. The lowest BCUT2D eigenvalue weighted by atomic mass is 9.80. The lowest BCUT2D eigenvalue weighted by molar-refractivity contribution is -0.131. The minimum atomic E-state index is -1.00. The molecule has 2 aliphatic heterocycles. The monoisotopic (exact) mass is 625 g/mol. The van der Waals surface area contributed by atoms with Gasteiger partial charge in [-0.2, -0.15) is 9.97 Å². The van der Waals surface area contributed by atoms with Crippen LogP contribution in [0.3, 0.4) is 0 Å². The molecule has 2 atom stereocenters. The molecular formula is C36H44FN7O2. The second kappa shape index (κ2) is 13.6. The number of ether oxygens (including phenoxy) is 1. The topological polar surface area (TPSA) is 69.4 Å². The van der Waals surface area contributed by atoms with Gasteiger partial charge in [0.15, 0.2) is 5.83 Å². The van der Waals surface area contributed by atoms with E-state index in [1.165, 1.54) is 46.2 Å². The summed E-state index contributed by atoms with van der Waals surface area (Å²) in [4.78, 5) is 34.4. The Hall–Kier alpha value is -4.23. The molecule has 6 rings (SSSR count). The Labute approximate surface area is 271 Å². The van der Waals surface area contributed by atoms with Gasteiger partial charge in [0.2, 0.25) is 6.54 Å². The number of anilines is 2. The molecule has 0 bridgehead atoms. The molecule has 46 heavy (non-hydrogen) atoms. The van der Waals surface area contributed by atoms with E-state index >= 15 is 0 Å². The molecule has 0 unspecified atom stereocenters. The van der Waals surface area contributed by atoms with Crippen molar-refractivity contribution in [2.45, 2.75) is 58.2 Å². The molecule has 3 aliphatic rings. The normalized spacial score (nSPS) is 19.0. The molecule has 1 aromatic heterocycles. The standard InChI is InChI=1S/C36H44FN7O2/c1-24-9-6-12-28-13-8-14-32(33(24)28)42-16-15-30-31(23-42)39-36(46-20-19-41(5)26(3)27-10-7-11-27)40-34(30)43-17-18-44(35(45)25(2)37)29(22-43)21-38-4/h6,8-9,12-14,26-27,29H,2,7,10-11,15-23H2,1,3,5H3/t26-,29-/m0/s1. The van der Waals surface area contributed by atoms with Crippen LogP contribution in [0.1, 0.15) is 43.0 Å². The van der Waals surface area contributed by atoms with Crippen LogP contribution in [0.25, 0.3) is 15.6 Å². The van der Waals surface area contributed by atoms with Gasteiger partial charge < -0.3 is 29.2 Å². The number of aryl methyl sites for hydroxylation is 1. The molecule has 9 nitrogen and oxygen atoms in total. The van der Waals surface area contributed by atoms with E-state index in [4.69, 9.17) is 21.3 Å². The number of likely N-dealkylation sites (N-methyl/N-ethyl adjacent to an activating group) is 1. The maximum atomic E-state index is 13.9. The second-order valence-corrected chi connectivity index (χ2v) is 13.0. The Balaban J connectivity index is 1.29. The number of carbonyl (C=O) groups excluding carboxylic acids is 1. The van der Waals surface area contributed by atoms with Crippen molar-refractivity contribution in [3.63, 3.8) is 0 Å². The summed E-state index contributed by atoms with van der Waals surface area (Å²) < 4.78 is 20.1. The third-order valence-corrected chi connectivity index (χ3v) is 10.2. The molecule has 1 saturated carbocycles. The molecule has 2 fully saturated rings. The minimum Gasteiger partial charge on any atom is -0.462 e. The molecule has 10 heteroatoms. The fraction of sp³-hybridized carbons (Fsp3) is 0.500. The predicted molar refractivity (Wildman–Crippen MR) is 180 cm³/mol. The van der Waals surface area contributed by atoms with Crippen LogP contribution in [-0.4, -0.2) is 90.7 Å². The number of halogens is 1. The molecule has 1 saturated heterocycles. The van der Waals surface area contributed by atoms with Gasteiger partial charge in [0.1, 0.15) is 18.5 Å². The highest BCUT2D eigenvalue weighted by Crippen LogP contribution is 2.36. The molecule has 3 heterocycles. The first-order valence-corrected chi connectivity index (χ1v) is 16.4. The number of amides is 1. The van der Waals surface area contributed by atoms with Crippen molar-refractivity contribution in [1.29, 1.82) is 0 Å². The number of hydrogen-bond acceptors (Lipinski definition) is 7. The summed E-state index contributed by atoms with van der Waals surface area (Å²) in [7, 11) is 2.15. The molecule has 1 aliphatic carbocycles. The van der Waals surface area contributed by atoms with Crippen molar-refractivity contribution in [2.24, 2.45) is 5.92 Å². The number of piperazine rings is 1. The van der Waals surface area contributed by atoms with E-state index in [0.717, 1.165) is 42.5 Å². The average molecular weight is 626 g/mol. The van der Waals surface area contributed by atoms with E-state index in [1.54, 1.807) is 0 Å². The predicted octanol–water partition coefficient (Wildman–Crippen LogP) is 5.42. The van der Waals surface area contributed by atoms with E-state index in [-0.39, 0.29) is 13.1 Å². The van der Waals surface area contributed by atoms with Crippen LogP contribution in [0, 0.1) is 19.4 Å². The Bertz CT molecular complexity index is 1650. The summed E-state index contributed by atoms with van der Waals surface area (Å²) in [5, 5.41) is 2.46. The zero-order chi connectivity index (χ0) is 32.4. The quantitative estimate of drug-likeness (QED) is 0.220. The van der Waals surface area contributed by atoms with E-state index < -0.39 is 17.8 Å². The number of hydrogen-bond donors (Lipinski definition) is 0. The number of rotatable bonds is 10. The number of benzene rings is 2. The number of nitrogens with zero attached hydrogens (tertiary/aromatic N) is 7. The SMILES string of the molecule is [C-]#[N+]C[C@H]1CN(c2nc(OCCN(C)[C@@H](C)C3CCC3)nc3c2CCN(c2cccc4cccc(C)c24)C3)CCN1C(=O)C(=C)F. The Morgan fingerprint density at radius 3 is 2.67 bits per heavy atom. The molecule has 242 valence electrons. The van der Waals surface area contributed by atoms with E-state index in [1.807, 2.05) is 0 Å². The third-order valence-electron chi connectivity index (χ3n) is 10.2. The van der Waals surface area contributed by atoms with Gasteiger partial charge in [-0.25, -0.2) is 11.0 Å². The summed E-state index contributed by atoms with van der Waals surface area (Å²) in [5.74, 6) is -0.211. The summed E-state index contributed by atoms with van der Waals surface area (Å²) in [6.45, 7) is 19.0. The van der Waals surface area contributed by atoms with Crippen molar-refractivity contribution in [2.75, 3.05) is 62.7 Å². The zero-order valence-corrected chi connectivity index (χ0v) is 27.2. The van der Waals surface area contributed by atoms with Crippen molar-refractivity contribution in [3.05, 3.63) is 77.0 Å². The molecule has 0 N–H and O–H groups in total. The highest BCUT2D eigenvalue weighted by molar-refractivity contribution is 5.97. The maximum Gasteiger partial charge on any atom is 0.318 e. The number of fused-ring (bicyclic) bond motifs is 2. The molecule has 1 amide bonds. The highest BCUT2D eigenvalue weighted by atomic mass is 19.1. The Morgan fingerprint density at radius 2 is 1.96 bits per heavy atom. The first kappa shape index (κ1) is 31.7. The lowest BCUT2D eigenvalue weighted by Crippen LogP contribution is -2.57. The molecule has 3 aromatic rings. The minimum absolute atomic E-state index is 0.0753. The number of carbonyl (C=O) groups is 1. The summed E-state index contributed by atoms with van der Waals surface area (Å²) in [6.07, 6.45) is 4.65. The average Bonchev–Trinajstić information content (AvgIpc) is 3.03. The van der Waals surface area contributed by atoms with Gasteiger partial charge in [-0.15, -0.1) is 0 Å². The fourth-order valence-corrected chi connectivity index (χ4v) is 7.19. The van der Waals surface area contributed by atoms with Crippen LogP contribution in [0.4, 0.5) is 15.9 Å². The van der Waals surface area contributed by atoms with Crippen LogP contribution >= 0.6 is 0 Å². The fourth-order valence-electron chi connectivity index (χ4n) is 7.19. The second-order valence-electron chi connectivity index (χ2n) is 13.0. The van der Waals surface area contributed by atoms with Crippen molar-refractivity contribution in [1.82, 2.24) is 19.8 Å². The van der Waals surface area contributed by atoms with Crippen LogP contribution in [-0.2, 0) is 17.8 Å². The summed E-state index contributed by atoms with van der Waals surface area (Å²) in [5.41, 5.74) is 4.41. The van der Waals surface area contributed by atoms with Crippen LogP contribution in [0.5, 0.6) is 6.01 Å². The zero-order valence-electron chi connectivity index (χ0n) is 27.2. The summed E-state index contributed by atoms with van der Waals surface area (Å²) in [6, 6.07) is 13.2. The van der Waals surface area contributed by atoms with Gasteiger partial charge in [0.05, 0.1) is 12.2 Å². The van der Waals surface area contributed by atoms with Crippen LogP contribution in [0.15, 0.2) is 48.8 Å². The highest BCUT2D eigenvalue weighted by Gasteiger charge is 2.36. The van der Waals surface area contributed by atoms with E-state index in [0.29, 0.717) is 38.3 Å². The Kier molecular flexibility index (Phi) is 9.41. The van der Waals surface area contributed by atoms with E-state index in [2.05, 4.69) is 83.4 Å². The molecular weight excluding hydrogens is 581 g/mol. The van der Waals surface area contributed by atoms with Gasteiger partial charge in [-0.05, 0) is 63.1 Å². The molecule has 2 aromatic carbocycles. The van der Waals surface area contributed by atoms with Crippen molar-refractivity contribution in [3.8, 4) is 6.01 Å². The third kappa shape index (κ3) is 6.38. The van der Waals surface area contributed by atoms with Gasteiger partial charge >= 0.3 is 6.01 Å². The first-order valence-electron chi connectivity index (χ1n) is 16.4. The molecule has 0 spiro atoms. The first-order chi connectivity index (χ1) is 22.2. The van der Waals surface area contributed by atoms with Crippen molar-refractivity contribution >= 4 is 28.2 Å². The number of aromatic nitrogens is 2. The van der Waals surface area contributed by atoms with Gasteiger partial charge in [0, 0.05) is 55.4 Å². The van der Waals surface area contributed by atoms with Crippen LogP contribution in [0.2, 0.25) is 0 Å². The summed E-state index contributed by atoms with van der Waals surface area (Å²) >= 11 is 0. The smallest absolute Gasteiger partial charge is 0.318 e.